The third-order valence-electron chi connectivity index (χ3n) is 3.61. The number of hydrogen-bond donors (Lipinski definition) is 0. The minimum absolute atomic E-state index is 0.414. The topological polar surface area (TPSA) is 22.1 Å². The minimum atomic E-state index is 0.414. The van der Waals surface area contributed by atoms with E-state index in [2.05, 4.69) is 33.0 Å². The van der Waals surface area contributed by atoms with Gasteiger partial charge in [-0.05, 0) is 65.0 Å². The van der Waals surface area contributed by atoms with Gasteiger partial charge >= 0.3 is 0 Å². The SMILES string of the molecule is Cc1cc(Cl)c2cc(C3CCCOC3)c(Br)nc2c1. The van der Waals surface area contributed by atoms with Gasteiger partial charge in [-0.1, -0.05) is 11.6 Å². The number of rotatable bonds is 1. The van der Waals surface area contributed by atoms with Crippen molar-refractivity contribution in [2.24, 2.45) is 0 Å². The smallest absolute Gasteiger partial charge is 0.110 e. The molecule has 100 valence electrons. The highest BCUT2D eigenvalue weighted by Gasteiger charge is 2.20. The van der Waals surface area contributed by atoms with Crippen molar-refractivity contribution in [1.29, 1.82) is 0 Å². The molecule has 0 aliphatic carbocycles. The van der Waals surface area contributed by atoms with E-state index in [1.54, 1.807) is 0 Å². The molecule has 19 heavy (non-hydrogen) atoms. The van der Waals surface area contributed by atoms with E-state index in [-0.39, 0.29) is 0 Å². The van der Waals surface area contributed by atoms with E-state index in [4.69, 9.17) is 16.3 Å². The van der Waals surface area contributed by atoms with Gasteiger partial charge in [0.05, 0.1) is 17.1 Å². The number of pyridine rings is 1. The van der Waals surface area contributed by atoms with Crippen molar-refractivity contribution in [3.05, 3.63) is 39.0 Å². The van der Waals surface area contributed by atoms with Gasteiger partial charge in [-0.25, -0.2) is 4.98 Å². The molecule has 3 rings (SSSR count). The van der Waals surface area contributed by atoms with Crippen LogP contribution < -0.4 is 0 Å². The molecule has 1 aromatic carbocycles. The minimum Gasteiger partial charge on any atom is -0.381 e. The van der Waals surface area contributed by atoms with E-state index in [9.17, 15) is 0 Å². The fourth-order valence-corrected chi connectivity index (χ4v) is 3.58. The van der Waals surface area contributed by atoms with Gasteiger partial charge in [-0.2, -0.15) is 0 Å². The molecule has 0 amide bonds. The molecule has 0 spiro atoms. The monoisotopic (exact) mass is 339 g/mol. The van der Waals surface area contributed by atoms with E-state index in [1.165, 1.54) is 5.56 Å². The summed E-state index contributed by atoms with van der Waals surface area (Å²) in [5, 5.41) is 1.80. The molecule has 1 saturated heterocycles. The maximum atomic E-state index is 6.34. The van der Waals surface area contributed by atoms with Crippen LogP contribution in [-0.4, -0.2) is 18.2 Å². The average Bonchev–Trinajstić information content (AvgIpc) is 2.38. The first kappa shape index (κ1) is 13.3. The number of halogens is 2. The predicted octanol–water partition coefficient (Wildman–Crippen LogP) is 4.85. The van der Waals surface area contributed by atoms with Crippen molar-refractivity contribution < 1.29 is 4.74 Å². The molecule has 1 aliphatic rings. The third kappa shape index (κ3) is 2.64. The maximum absolute atomic E-state index is 6.34. The predicted molar refractivity (Wildman–Crippen MR) is 82.0 cm³/mol. The second kappa shape index (κ2) is 5.39. The van der Waals surface area contributed by atoms with Crippen molar-refractivity contribution in [2.75, 3.05) is 13.2 Å². The molecular weight excluding hydrogens is 326 g/mol. The van der Waals surface area contributed by atoms with Crippen LogP contribution in [0, 0.1) is 6.92 Å². The molecule has 2 heterocycles. The molecule has 2 aromatic rings. The molecular formula is C15H15BrClNO. The first-order valence-electron chi connectivity index (χ1n) is 6.49. The average molecular weight is 341 g/mol. The Morgan fingerprint density at radius 3 is 2.95 bits per heavy atom. The number of hydrogen-bond acceptors (Lipinski definition) is 2. The molecule has 0 N–H and O–H groups in total. The standard InChI is InChI=1S/C15H15BrClNO/c1-9-5-13(17)12-7-11(10-3-2-4-19-8-10)15(16)18-14(12)6-9/h5-7,10H,2-4,8H2,1H3. The van der Waals surface area contributed by atoms with Crippen LogP contribution in [0.2, 0.25) is 5.02 Å². The van der Waals surface area contributed by atoms with E-state index in [1.807, 2.05) is 13.0 Å². The van der Waals surface area contributed by atoms with Crippen LogP contribution in [0.25, 0.3) is 10.9 Å². The van der Waals surface area contributed by atoms with Crippen LogP contribution in [0.4, 0.5) is 0 Å². The number of benzene rings is 1. The second-order valence-corrected chi connectivity index (χ2v) is 6.25. The highest BCUT2D eigenvalue weighted by molar-refractivity contribution is 9.10. The van der Waals surface area contributed by atoms with Crippen LogP contribution in [0.1, 0.15) is 29.9 Å². The zero-order valence-corrected chi connectivity index (χ0v) is 13.1. The highest BCUT2D eigenvalue weighted by Crippen LogP contribution is 2.34. The Bertz CT molecular complexity index is 623. The number of nitrogens with zero attached hydrogens (tertiary/aromatic N) is 1. The van der Waals surface area contributed by atoms with Crippen LogP contribution in [0.5, 0.6) is 0 Å². The summed E-state index contributed by atoms with van der Waals surface area (Å²) >= 11 is 9.93. The Morgan fingerprint density at radius 2 is 2.21 bits per heavy atom. The Morgan fingerprint density at radius 1 is 1.37 bits per heavy atom. The molecule has 1 fully saturated rings. The first-order valence-corrected chi connectivity index (χ1v) is 7.66. The van der Waals surface area contributed by atoms with E-state index in [0.29, 0.717) is 5.92 Å². The first-order chi connectivity index (χ1) is 9.15. The van der Waals surface area contributed by atoms with Crippen molar-refractivity contribution in [2.45, 2.75) is 25.7 Å². The molecule has 0 saturated carbocycles. The van der Waals surface area contributed by atoms with Crippen LogP contribution >= 0.6 is 27.5 Å². The maximum Gasteiger partial charge on any atom is 0.110 e. The number of fused-ring (bicyclic) bond motifs is 1. The largest absolute Gasteiger partial charge is 0.381 e. The molecule has 0 radical (unpaired) electrons. The zero-order valence-electron chi connectivity index (χ0n) is 10.7. The molecule has 1 unspecified atom stereocenters. The van der Waals surface area contributed by atoms with Crippen molar-refractivity contribution >= 4 is 38.4 Å². The van der Waals surface area contributed by atoms with Crippen LogP contribution in [0.15, 0.2) is 22.8 Å². The van der Waals surface area contributed by atoms with Gasteiger partial charge in [0.1, 0.15) is 4.60 Å². The van der Waals surface area contributed by atoms with Crippen LogP contribution in [-0.2, 0) is 4.74 Å². The summed E-state index contributed by atoms with van der Waals surface area (Å²) in [5.74, 6) is 0.414. The molecule has 1 aliphatic heterocycles. The fraction of sp³-hybridized carbons (Fsp3) is 0.400. The fourth-order valence-electron chi connectivity index (χ4n) is 2.63. The lowest BCUT2D eigenvalue weighted by molar-refractivity contribution is 0.0802. The Hall–Kier alpha value is -0.640. The summed E-state index contributed by atoms with van der Waals surface area (Å²) < 4.78 is 6.49. The van der Waals surface area contributed by atoms with Crippen LogP contribution in [0.3, 0.4) is 0 Å². The van der Waals surface area contributed by atoms with Crippen molar-refractivity contribution in [1.82, 2.24) is 4.98 Å². The molecule has 1 atom stereocenters. The van der Waals surface area contributed by atoms with Gasteiger partial charge in [-0.15, -0.1) is 0 Å². The lowest BCUT2D eigenvalue weighted by Gasteiger charge is -2.23. The molecule has 2 nitrogen and oxygen atoms in total. The second-order valence-electron chi connectivity index (χ2n) is 5.10. The van der Waals surface area contributed by atoms with Gasteiger partial charge in [0, 0.05) is 17.9 Å². The summed E-state index contributed by atoms with van der Waals surface area (Å²) in [5.41, 5.74) is 3.28. The lowest BCUT2D eigenvalue weighted by atomic mass is 9.94. The van der Waals surface area contributed by atoms with Gasteiger partial charge < -0.3 is 4.74 Å². The third-order valence-corrected chi connectivity index (χ3v) is 4.56. The van der Waals surface area contributed by atoms with E-state index >= 15 is 0 Å². The van der Waals surface area contributed by atoms with Crippen molar-refractivity contribution in [3.63, 3.8) is 0 Å². The Labute approximate surface area is 126 Å². The highest BCUT2D eigenvalue weighted by atomic mass is 79.9. The Balaban J connectivity index is 2.12. The van der Waals surface area contributed by atoms with Gasteiger partial charge in [-0.3, -0.25) is 0 Å². The summed E-state index contributed by atoms with van der Waals surface area (Å²) in [6.07, 6.45) is 2.26. The summed E-state index contributed by atoms with van der Waals surface area (Å²) in [6, 6.07) is 6.21. The van der Waals surface area contributed by atoms with E-state index < -0.39 is 0 Å². The van der Waals surface area contributed by atoms with Crippen molar-refractivity contribution in [3.8, 4) is 0 Å². The zero-order chi connectivity index (χ0) is 13.4. The van der Waals surface area contributed by atoms with E-state index in [0.717, 1.165) is 52.1 Å². The summed E-state index contributed by atoms with van der Waals surface area (Å²) in [7, 11) is 0. The number of ether oxygens (including phenoxy) is 1. The lowest BCUT2D eigenvalue weighted by Crippen LogP contribution is -2.16. The normalized spacial score (nSPS) is 19.8. The van der Waals surface area contributed by atoms with Gasteiger partial charge in [0.2, 0.25) is 0 Å². The molecule has 1 aromatic heterocycles. The summed E-state index contributed by atoms with van der Waals surface area (Å²) in [4.78, 5) is 4.65. The number of aryl methyl sites for hydroxylation is 1. The van der Waals surface area contributed by atoms with Gasteiger partial charge in [0.15, 0.2) is 0 Å². The summed E-state index contributed by atoms with van der Waals surface area (Å²) in [6.45, 7) is 3.67. The van der Waals surface area contributed by atoms with Gasteiger partial charge in [0.25, 0.3) is 0 Å². The number of aromatic nitrogens is 1. The molecule has 4 heteroatoms. The quantitative estimate of drug-likeness (QED) is 0.692. The molecule has 0 bridgehead atoms. The Kier molecular flexibility index (Phi) is 3.79.